The fourth-order valence-corrected chi connectivity index (χ4v) is 3.24. The van der Waals surface area contributed by atoms with Crippen molar-refractivity contribution in [3.63, 3.8) is 0 Å². The van der Waals surface area contributed by atoms with Gasteiger partial charge in [0.2, 0.25) is 11.8 Å². The van der Waals surface area contributed by atoms with Crippen LogP contribution in [-0.4, -0.2) is 39.1 Å². The van der Waals surface area contributed by atoms with Crippen molar-refractivity contribution < 1.29 is 9.59 Å². The molecule has 4 rings (SSSR count). The summed E-state index contributed by atoms with van der Waals surface area (Å²) in [5.41, 5.74) is 1.61. The standard InChI is InChI=1S/C18H20N4O2/c23-17(16-6-2-10-21(16)18(24)13-7-8-13)20-14-4-1-5-15(12-14)22-11-3-9-19-22/h1,3-5,9,11-13,16H,2,6-8,10H2,(H,20,23). The molecule has 1 atom stereocenters. The maximum Gasteiger partial charge on any atom is 0.247 e. The van der Waals surface area contributed by atoms with Gasteiger partial charge in [-0.2, -0.15) is 5.10 Å². The third-order valence-electron chi connectivity index (χ3n) is 4.65. The molecule has 0 spiro atoms. The summed E-state index contributed by atoms with van der Waals surface area (Å²) in [6.45, 7) is 0.695. The second-order valence-electron chi connectivity index (χ2n) is 6.45. The second kappa shape index (κ2) is 6.11. The minimum absolute atomic E-state index is 0.0980. The Labute approximate surface area is 140 Å². The first-order valence-corrected chi connectivity index (χ1v) is 8.44. The van der Waals surface area contributed by atoms with E-state index in [1.807, 2.05) is 36.5 Å². The van der Waals surface area contributed by atoms with Gasteiger partial charge in [-0.05, 0) is 49.9 Å². The Hall–Kier alpha value is -2.63. The monoisotopic (exact) mass is 324 g/mol. The van der Waals surface area contributed by atoms with E-state index >= 15 is 0 Å². The number of nitrogens with one attached hydrogen (secondary N) is 1. The lowest BCUT2D eigenvalue weighted by molar-refractivity contribution is -0.137. The molecule has 0 bridgehead atoms. The van der Waals surface area contributed by atoms with Crippen LogP contribution in [0.4, 0.5) is 5.69 Å². The summed E-state index contributed by atoms with van der Waals surface area (Å²) < 4.78 is 1.74. The number of carbonyl (C=O) groups excluding carboxylic acids is 2. The van der Waals surface area contributed by atoms with Gasteiger partial charge in [-0.15, -0.1) is 0 Å². The third-order valence-corrected chi connectivity index (χ3v) is 4.65. The van der Waals surface area contributed by atoms with Gasteiger partial charge in [0.1, 0.15) is 6.04 Å². The highest BCUT2D eigenvalue weighted by Gasteiger charge is 2.40. The quantitative estimate of drug-likeness (QED) is 0.937. The Kier molecular flexibility index (Phi) is 3.80. The summed E-state index contributed by atoms with van der Waals surface area (Å²) in [6, 6.07) is 9.06. The molecule has 0 radical (unpaired) electrons. The minimum atomic E-state index is -0.341. The molecule has 1 N–H and O–H groups in total. The van der Waals surface area contributed by atoms with Crippen LogP contribution in [0.25, 0.3) is 5.69 Å². The molecule has 1 aromatic carbocycles. The smallest absolute Gasteiger partial charge is 0.247 e. The van der Waals surface area contributed by atoms with E-state index in [1.165, 1.54) is 0 Å². The van der Waals surface area contributed by atoms with Crippen LogP contribution >= 0.6 is 0 Å². The van der Waals surface area contributed by atoms with Crippen LogP contribution in [0.5, 0.6) is 0 Å². The number of aromatic nitrogens is 2. The molecule has 1 saturated carbocycles. The highest BCUT2D eigenvalue weighted by atomic mass is 16.2. The van der Waals surface area contributed by atoms with Gasteiger partial charge in [-0.25, -0.2) is 4.68 Å². The number of carbonyl (C=O) groups is 2. The van der Waals surface area contributed by atoms with Gasteiger partial charge in [0.25, 0.3) is 0 Å². The van der Waals surface area contributed by atoms with Crippen molar-refractivity contribution in [2.24, 2.45) is 5.92 Å². The van der Waals surface area contributed by atoms with Crippen molar-refractivity contribution in [1.29, 1.82) is 0 Å². The normalized spacial score (nSPS) is 20.2. The molecule has 1 aliphatic carbocycles. The number of anilines is 1. The molecular formula is C18H20N4O2. The summed E-state index contributed by atoms with van der Waals surface area (Å²) in [7, 11) is 0. The summed E-state index contributed by atoms with van der Waals surface area (Å²) >= 11 is 0. The van der Waals surface area contributed by atoms with Crippen molar-refractivity contribution in [2.75, 3.05) is 11.9 Å². The molecule has 1 saturated heterocycles. The lowest BCUT2D eigenvalue weighted by Gasteiger charge is -2.24. The van der Waals surface area contributed by atoms with Crippen LogP contribution in [0.2, 0.25) is 0 Å². The molecule has 1 unspecified atom stereocenters. The first-order valence-electron chi connectivity index (χ1n) is 8.44. The van der Waals surface area contributed by atoms with Gasteiger partial charge in [0.05, 0.1) is 5.69 Å². The summed E-state index contributed by atoms with van der Waals surface area (Å²) in [5.74, 6) is 0.207. The molecule has 124 valence electrons. The molecule has 1 aliphatic heterocycles. The fraction of sp³-hybridized carbons (Fsp3) is 0.389. The van der Waals surface area contributed by atoms with Crippen LogP contribution in [0.1, 0.15) is 25.7 Å². The number of hydrogen-bond donors (Lipinski definition) is 1. The average Bonchev–Trinajstić information content (AvgIpc) is 3.11. The molecule has 1 aromatic heterocycles. The van der Waals surface area contributed by atoms with E-state index in [1.54, 1.807) is 15.8 Å². The van der Waals surface area contributed by atoms with Gasteiger partial charge in [-0.1, -0.05) is 6.07 Å². The largest absolute Gasteiger partial charge is 0.330 e. The van der Waals surface area contributed by atoms with Crippen molar-refractivity contribution in [1.82, 2.24) is 14.7 Å². The van der Waals surface area contributed by atoms with Crippen molar-refractivity contribution >= 4 is 17.5 Å². The third kappa shape index (κ3) is 2.91. The highest BCUT2D eigenvalue weighted by molar-refractivity contribution is 5.98. The zero-order valence-corrected chi connectivity index (χ0v) is 13.4. The van der Waals surface area contributed by atoms with Crippen LogP contribution < -0.4 is 5.32 Å². The molecule has 24 heavy (non-hydrogen) atoms. The van der Waals surface area contributed by atoms with Gasteiger partial charge in [0, 0.05) is 30.5 Å². The molecule has 2 fully saturated rings. The molecule has 6 nitrogen and oxygen atoms in total. The lowest BCUT2D eigenvalue weighted by Crippen LogP contribution is -2.43. The van der Waals surface area contributed by atoms with E-state index in [0.29, 0.717) is 6.54 Å². The SMILES string of the molecule is O=C(Nc1cccc(-n2cccn2)c1)C1CCCN1C(=O)C1CC1. The minimum Gasteiger partial charge on any atom is -0.330 e. The number of amides is 2. The molecule has 2 aromatic rings. The second-order valence-corrected chi connectivity index (χ2v) is 6.45. The Balaban J connectivity index is 1.47. The molecule has 2 aliphatic rings. The van der Waals surface area contributed by atoms with Crippen LogP contribution in [-0.2, 0) is 9.59 Å². The van der Waals surface area contributed by atoms with Crippen molar-refractivity contribution in [3.05, 3.63) is 42.7 Å². The molecular weight excluding hydrogens is 304 g/mol. The molecule has 2 heterocycles. The lowest BCUT2D eigenvalue weighted by atomic mass is 10.2. The van der Waals surface area contributed by atoms with Gasteiger partial charge in [-0.3, -0.25) is 9.59 Å². The van der Waals surface area contributed by atoms with Gasteiger partial charge >= 0.3 is 0 Å². The maximum absolute atomic E-state index is 12.6. The fourth-order valence-electron chi connectivity index (χ4n) is 3.24. The number of benzene rings is 1. The van der Waals surface area contributed by atoms with Crippen LogP contribution in [0.3, 0.4) is 0 Å². The number of likely N-dealkylation sites (tertiary alicyclic amines) is 1. The van der Waals surface area contributed by atoms with E-state index in [-0.39, 0.29) is 23.8 Å². The Morgan fingerprint density at radius 1 is 1.17 bits per heavy atom. The zero-order chi connectivity index (χ0) is 16.5. The van der Waals surface area contributed by atoms with E-state index < -0.39 is 0 Å². The van der Waals surface area contributed by atoms with E-state index in [0.717, 1.165) is 37.1 Å². The molecule has 6 heteroatoms. The number of hydrogen-bond acceptors (Lipinski definition) is 3. The first-order chi connectivity index (χ1) is 11.7. The van der Waals surface area contributed by atoms with E-state index in [9.17, 15) is 9.59 Å². The summed E-state index contributed by atoms with van der Waals surface area (Å²) in [6.07, 6.45) is 7.14. The Morgan fingerprint density at radius 2 is 2.04 bits per heavy atom. The summed E-state index contributed by atoms with van der Waals surface area (Å²) in [5, 5.41) is 7.15. The average molecular weight is 324 g/mol. The van der Waals surface area contributed by atoms with E-state index in [2.05, 4.69) is 10.4 Å². The van der Waals surface area contributed by atoms with Crippen LogP contribution in [0.15, 0.2) is 42.7 Å². The topological polar surface area (TPSA) is 67.2 Å². The first kappa shape index (κ1) is 14.9. The highest BCUT2D eigenvalue weighted by Crippen LogP contribution is 2.34. The van der Waals surface area contributed by atoms with Crippen LogP contribution in [0, 0.1) is 5.92 Å². The predicted molar refractivity (Wildman–Crippen MR) is 89.7 cm³/mol. The predicted octanol–water partition coefficient (Wildman–Crippen LogP) is 2.21. The van der Waals surface area contributed by atoms with E-state index in [4.69, 9.17) is 0 Å². The number of rotatable bonds is 4. The van der Waals surface area contributed by atoms with Gasteiger partial charge < -0.3 is 10.2 Å². The summed E-state index contributed by atoms with van der Waals surface area (Å²) in [4.78, 5) is 26.7. The Morgan fingerprint density at radius 3 is 2.79 bits per heavy atom. The van der Waals surface area contributed by atoms with Crippen molar-refractivity contribution in [3.8, 4) is 5.69 Å². The maximum atomic E-state index is 12.6. The zero-order valence-electron chi connectivity index (χ0n) is 13.4. The number of nitrogens with zero attached hydrogens (tertiary/aromatic N) is 3. The van der Waals surface area contributed by atoms with Gasteiger partial charge in [0.15, 0.2) is 0 Å². The Bertz CT molecular complexity index is 752. The van der Waals surface area contributed by atoms with Crippen molar-refractivity contribution in [2.45, 2.75) is 31.7 Å². The molecule has 2 amide bonds.